The van der Waals surface area contributed by atoms with E-state index in [4.69, 9.17) is 4.74 Å². The standard InChI is InChI=1S/C22H25N3O2/c1-27-19-8-6-17(7-9-19)14-22(26)25-12-10-24(11-13-25)16-18-15-23-21-5-3-2-4-20(18)21/h2-9,15,23H,10-14,16H2,1H3. The number of hydrogen-bond acceptors (Lipinski definition) is 3. The van der Waals surface area contributed by atoms with Crippen molar-refractivity contribution >= 4 is 16.8 Å². The van der Waals surface area contributed by atoms with Crippen LogP contribution in [-0.2, 0) is 17.8 Å². The molecule has 0 saturated carbocycles. The van der Waals surface area contributed by atoms with Gasteiger partial charge < -0.3 is 14.6 Å². The van der Waals surface area contributed by atoms with Crippen LogP contribution in [0.25, 0.3) is 10.9 Å². The van der Waals surface area contributed by atoms with Crippen molar-refractivity contribution in [1.82, 2.24) is 14.8 Å². The molecule has 1 amide bonds. The molecule has 5 heteroatoms. The van der Waals surface area contributed by atoms with Crippen LogP contribution in [0.2, 0.25) is 0 Å². The molecule has 1 saturated heterocycles. The molecule has 2 aromatic carbocycles. The Morgan fingerprint density at radius 3 is 2.52 bits per heavy atom. The molecule has 1 aliphatic heterocycles. The number of aromatic amines is 1. The van der Waals surface area contributed by atoms with E-state index in [1.165, 1.54) is 16.5 Å². The molecule has 1 aromatic heterocycles. The molecule has 0 unspecified atom stereocenters. The Balaban J connectivity index is 1.31. The van der Waals surface area contributed by atoms with Crippen molar-refractivity contribution in [3.05, 3.63) is 65.9 Å². The minimum atomic E-state index is 0.201. The lowest BCUT2D eigenvalue weighted by Crippen LogP contribution is -2.48. The first-order chi connectivity index (χ1) is 13.2. The van der Waals surface area contributed by atoms with Gasteiger partial charge in [0.25, 0.3) is 0 Å². The summed E-state index contributed by atoms with van der Waals surface area (Å²) in [6.07, 6.45) is 2.55. The van der Waals surface area contributed by atoms with Crippen molar-refractivity contribution in [1.29, 1.82) is 0 Å². The number of hydrogen-bond donors (Lipinski definition) is 1. The topological polar surface area (TPSA) is 48.6 Å². The van der Waals surface area contributed by atoms with Crippen LogP contribution < -0.4 is 4.74 Å². The number of methoxy groups -OCH3 is 1. The number of aromatic nitrogens is 1. The molecular formula is C22H25N3O2. The fraction of sp³-hybridized carbons (Fsp3) is 0.318. The summed E-state index contributed by atoms with van der Waals surface area (Å²) < 4.78 is 5.17. The van der Waals surface area contributed by atoms with Crippen molar-refractivity contribution in [2.75, 3.05) is 33.3 Å². The molecule has 27 heavy (non-hydrogen) atoms. The van der Waals surface area contributed by atoms with E-state index >= 15 is 0 Å². The van der Waals surface area contributed by atoms with E-state index in [-0.39, 0.29) is 5.91 Å². The summed E-state index contributed by atoms with van der Waals surface area (Å²) in [5.41, 5.74) is 3.53. The molecule has 1 N–H and O–H groups in total. The number of rotatable bonds is 5. The molecule has 0 atom stereocenters. The zero-order valence-electron chi connectivity index (χ0n) is 15.6. The number of carbonyl (C=O) groups is 1. The second-order valence-electron chi connectivity index (χ2n) is 7.04. The van der Waals surface area contributed by atoms with Crippen LogP contribution in [-0.4, -0.2) is 54.0 Å². The maximum Gasteiger partial charge on any atom is 0.227 e. The lowest BCUT2D eigenvalue weighted by molar-refractivity contribution is -0.132. The fourth-order valence-electron chi connectivity index (χ4n) is 3.69. The molecule has 2 heterocycles. The molecule has 0 bridgehead atoms. The van der Waals surface area contributed by atoms with Crippen LogP contribution in [0.1, 0.15) is 11.1 Å². The van der Waals surface area contributed by atoms with Gasteiger partial charge in [-0.05, 0) is 29.3 Å². The zero-order chi connectivity index (χ0) is 18.6. The van der Waals surface area contributed by atoms with Crippen LogP contribution in [0.15, 0.2) is 54.7 Å². The number of benzene rings is 2. The number of H-pyrrole nitrogens is 1. The normalized spacial score (nSPS) is 15.2. The van der Waals surface area contributed by atoms with Gasteiger partial charge in [0.05, 0.1) is 13.5 Å². The monoisotopic (exact) mass is 363 g/mol. The summed E-state index contributed by atoms with van der Waals surface area (Å²) in [5, 5.41) is 1.29. The molecule has 140 valence electrons. The highest BCUT2D eigenvalue weighted by Crippen LogP contribution is 2.20. The maximum absolute atomic E-state index is 12.6. The second-order valence-corrected chi connectivity index (χ2v) is 7.04. The number of carbonyl (C=O) groups excluding carboxylic acids is 1. The smallest absolute Gasteiger partial charge is 0.227 e. The van der Waals surface area contributed by atoms with Crippen molar-refractivity contribution in [2.45, 2.75) is 13.0 Å². The summed E-state index contributed by atoms with van der Waals surface area (Å²) in [7, 11) is 1.65. The molecule has 1 fully saturated rings. The Hall–Kier alpha value is -2.79. The molecular weight excluding hydrogens is 338 g/mol. The Labute approximate surface area is 159 Å². The summed E-state index contributed by atoms with van der Waals surface area (Å²) in [6.45, 7) is 4.32. The van der Waals surface area contributed by atoms with Gasteiger partial charge in [0.2, 0.25) is 5.91 Å². The molecule has 4 rings (SSSR count). The van der Waals surface area contributed by atoms with Crippen LogP contribution in [0.3, 0.4) is 0 Å². The van der Waals surface area contributed by atoms with E-state index in [2.05, 4.69) is 40.3 Å². The summed E-state index contributed by atoms with van der Waals surface area (Å²) in [4.78, 5) is 20.3. The summed E-state index contributed by atoms with van der Waals surface area (Å²) >= 11 is 0. The largest absolute Gasteiger partial charge is 0.497 e. The van der Waals surface area contributed by atoms with Gasteiger partial charge in [0, 0.05) is 49.8 Å². The highest BCUT2D eigenvalue weighted by molar-refractivity contribution is 5.83. The van der Waals surface area contributed by atoms with Gasteiger partial charge in [-0.25, -0.2) is 0 Å². The third kappa shape index (κ3) is 3.98. The van der Waals surface area contributed by atoms with Gasteiger partial charge in [-0.2, -0.15) is 0 Å². The number of nitrogens with one attached hydrogen (secondary N) is 1. The number of fused-ring (bicyclic) bond motifs is 1. The third-order valence-corrected chi connectivity index (χ3v) is 5.31. The van der Waals surface area contributed by atoms with E-state index in [1.807, 2.05) is 29.2 Å². The maximum atomic E-state index is 12.6. The molecule has 0 aliphatic carbocycles. The van der Waals surface area contributed by atoms with E-state index < -0.39 is 0 Å². The second kappa shape index (κ2) is 7.84. The van der Waals surface area contributed by atoms with E-state index in [0.717, 1.165) is 44.0 Å². The van der Waals surface area contributed by atoms with Crippen molar-refractivity contribution in [3.63, 3.8) is 0 Å². The molecule has 0 radical (unpaired) electrons. The number of ether oxygens (including phenoxy) is 1. The van der Waals surface area contributed by atoms with E-state index in [0.29, 0.717) is 6.42 Å². The van der Waals surface area contributed by atoms with Gasteiger partial charge in [0.1, 0.15) is 5.75 Å². The minimum absolute atomic E-state index is 0.201. The van der Waals surface area contributed by atoms with Crippen LogP contribution in [0, 0.1) is 0 Å². The number of nitrogens with zero attached hydrogens (tertiary/aromatic N) is 2. The van der Waals surface area contributed by atoms with E-state index in [9.17, 15) is 4.79 Å². The number of amides is 1. The van der Waals surface area contributed by atoms with Crippen LogP contribution in [0.4, 0.5) is 0 Å². The third-order valence-electron chi connectivity index (χ3n) is 5.31. The molecule has 3 aromatic rings. The van der Waals surface area contributed by atoms with Gasteiger partial charge in [-0.15, -0.1) is 0 Å². The van der Waals surface area contributed by atoms with Crippen molar-refractivity contribution in [2.24, 2.45) is 0 Å². The SMILES string of the molecule is COc1ccc(CC(=O)N2CCN(Cc3c[nH]c4ccccc34)CC2)cc1. The minimum Gasteiger partial charge on any atom is -0.497 e. The molecule has 5 nitrogen and oxygen atoms in total. The Bertz CT molecular complexity index is 909. The van der Waals surface area contributed by atoms with Gasteiger partial charge >= 0.3 is 0 Å². The Morgan fingerprint density at radius 2 is 1.78 bits per heavy atom. The zero-order valence-corrected chi connectivity index (χ0v) is 15.6. The first-order valence-corrected chi connectivity index (χ1v) is 9.41. The summed E-state index contributed by atoms with van der Waals surface area (Å²) in [6, 6.07) is 16.1. The van der Waals surface area contributed by atoms with Crippen molar-refractivity contribution < 1.29 is 9.53 Å². The van der Waals surface area contributed by atoms with Crippen LogP contribution >= 0.6 is 0 Å². The Morgan fingerprint density at radius 1 is 1.04 bits per heavy atom. The predicted molar refractivity (Wildman–Crippen MR) is 107 cm³/mol. The first-order valence-electron chi connectivity index (χ1n) is 9.41. The molecule has 1 aliphatic rings. The quantitative estimate of drug-likeness (QED) is 0.758. The highest BCUT2D eigenvalue weighted by Gasteiger charge is 2.21. The lowest BCUT2D eigenvalue weighted by Gasteiger charge is -2.34. The average Bonchev–Trinajstić information content (AvgIpc) is 3.12. The average molecular weight is 363 g/mol. The highest BCUT2D eigenvalue weighted by atomic mass is 16.5. The molecule has 0 spiro atoms. The predicted octanol–water partition coefficient (Wildman–Crippen LogP) is 3.06. The summed E-state index contributed by atoms with van der Waals surface area (Å²) in [5.74, 6) is 1.02. The Kier molecular flexibility index (Phi) is 5.12. The number of para-hydroxylation sites is 1. The lowest BCUT2D eigenvalue weighted by atomic mass is 10.1. The number of piperazine rings is 1. The van der Waals surface area contributed by atoms with E-state index in [1.54, 1.807) is 7.11 Å². The first kappa shape index (κ1) is 17.6. The van der Waals surface area contributed by atoms with Gasteiger partial charge in [-0.1, -0.05) is 30.3 Å². The fourth-order valence-corrected chi connectivity index (χ4v) is 3.69. The van der Waals surface area contributed by atoms with Gasteiger partial charge in [-0.3, -0.25) is 9.69 Å². The van der Waals surface area contributed by atoms with Crippen molar-refractivity contribution in [3.8, 4) is 5.75 Å². The van der Waals surface area contributed by atoms with Gasteiger partial charge in [0.15, 0.2) is 0 Å². The van der Waals surface area contributed by atoms with Crippen LogP contribution in [0.5, 0.6) is 5.75 Å².